The van der Waals surface area contributed by atoms with Crippen LogP contribution in [-0.4, -0.2) is 33.4 Å². The Labute approximate surface area is 123 Å². The SMILES string of the molecule is COCCNCc1cc(C)ccc1N1CCCCCC1. The molecule has 0 saturated carbocycles. The van der Waals surface area contributed by atoms with E-state index < -0.39 is 0 Å². The number of ether oxygens (including phenoxy) is 1. The van der Waals surface area contributed by atoms with Gasteiger partial charge in [0.25, 0.3) is 0 Å². The average molecular weight is 276 g/mol. The standard InChI is InChI=1S/C17H28N2O/c1-15-7-8-17(19-10-5-3-4-6-11-19)16(13-15)14-18-9-12-20-2/h7-8,13,18H,3-6,9-12,14H2,1-2H3. The van der Waals surface area contributed by atoms with E-state index in [-0.39, 0.29) is 0 Å². The Kier molecular flexibility index (Phi) is 6.34. The van der Waals surface area contributed by atoms with Gasteiger partial charge in [0.2, 0.25) is 0 Å². The van der Waals surface area contributed by atoms with E-state index in [2.05, 4.69) is 35.3 Å². The van der Waals surface area contributed by atoms with Crippen molar-refractivity contribution in [3.8, 4) is 0 Å². The summed E-state index contributed by atoms with van der Waals surface area (Å²) in [7, 11) is 1.75. The number of hydrogen-bond acceptors (Lipinski definition) is 3. The van der Waals surface area contributed by atoms with Crippen molar-refractivity contribution in [1.29, 1.82) is 0 Å². The van der Waals surface area contributed by atoms with Gasteiger partial charge in [0, 0.05) is 39.0 Å². The van der Waals surface area contributed by atoms with Crippen LogP contribution in [0.1, 0.15) is 36.8 Å². The summed E-state index contributed by atoms with van der Waals surface area (Å²) in [6.45, 7) is 7.18. The molecule has 0 unspecified atom stereocenters. The summed E-state index contributed by atoms with van der Waals surface area (Å²) < 4.78 is 5.09. The van der Waals surface area contributed by atoms with Gasteiger partial charge < -0.3 is 15.0 Å². The number of aryl methyl sites for hydroxylation is 1. The van der Waals surface area contributed by atoms with Crippen LogP contribution in [0.3, 0.4) is 0 Å². The van der Waals surface area contributed by atoms with Gasteiger partial charge in [-0.1, -0.05) is 30.5 Å². The highest BCUT2D eigenvalue weighted by atomic mass is 16.5. The predicted molar refractivity (Wildman–Crippen MR) is 85.4 cm³/mol. The molecule has 1 N–H and O–H groups in total. The van der Waals surface area contributed by atoms with Crippen LogP contribution in [0.4, 0.5) is 5.69 Å². The van der Waals surface area contributed by atoms with E-state index in [1.165, 1.54) is 55.6 Å². The first-order chi connectivity index (χ1) is 9.81. The fourth-order valence-electron chi connectivity index (χ4n) is 2.87. The Morgan fingerprint density at radius 1 is 1.15 bits per heavy atom. The molecular weight excluding hydrogens is 248 g/mol. The molecule has 2 rings (SSSR count). The van der Waals surface area contributed by atoms with Gasteiger partial charge in [-0.15, -0.1) is 0 Å². The highest BCUT2D eigenvalue weighted by Crippen LogP contribution is 2.25. The Hall–Kier alpha value is -1.06. The van der Waals surface area contributed by atoms with Crippen LogP contribution < -0.4 is 10.2 Å². The molecule has 1 saturated heterocycles. The Balaban J connectivity index is 2.05. The van der Waals surface area contributed by atoms with E-state index in [1.54, 1.807) is 7.11 Å². The highest BCUT2D eigenvalue weighted by molar-refractivity contribution is 5.55. The third-order valence-corrected chi connectivity index (χ3v) is 3.98. The van der Waals surface area contributed by atoms with Crippen molar-refractivity contribution in [2.45, 2.75) is 39.2 Å². The molecule has 0 radical (unpaired) electrons. The van der Waals surface area contributed by atoms with Crippen LogP contribution in [-0.2, 0) is 11.3 Å². The number of methoxy groups -OCH3 is 1. The summed E-state index contributed by atoms with van der Waals surface area (Å²) in [6, 6.07) is 6.85. The highest BCUT2D eigenvalue weighted by Gasteiger charge is 2.13. The molecule has 1 aromatic carbocycles. The first kappa shape index (κ1) is 15.3. The summed E-state index contributed by atoms with van der Waals surface area (Å²) >= 11 is 0. The lowest BCUT2D eigenvalue weighted by atomic mass is 10.1. The first-order valence-corrected chi connectivity index (χ1v) is 7.85. The first-order valence-electron chi connectivity index (χ1n) is 7.85. The maximum Gasteiger partial charge on any atom is 0.0587 e. The summed E-state index contributed by atoms with van der Waals surface area (Å²) in [4.78, 5) is 2.57. The van der Waals surface area contributed by atoms with E-state index in [9.17, 15) is 0 Å². The van der Waals surface area contributed by atoms with Gasteiger partial charge >= 0.3 is 0 Å². The Morgan fingerprint density at radius 3 is 2.60 bits per heavy atom. The van der Waals surface area contributed by atoms with E-state index in [0.29, 0.717) is 0 Å². The summed E-state index contributed by atoms with van der Waals surface area (Å²) in [5.74, 6) is 0. The van der Waals surface area contributed by atoms with E-state index >= 15 is 0 Å². The van der Waals surface area contributed by atoms with Crippen LogP contribution in [0.5, 0.6) is 0 Å². The summed E-state index contributed by atoms with van der Waals surface area (Å²) in [5.41, 5.74) is 4.18. The molecule has 0 aliphatic carbocycles. The van der Waals surface area contributed by atoms with Gasteiger partial charge in [0.1, 0.15) is 0 Å². The fraction of sp³-hybridized carbons (Fsp3) is 0.647. The molecular formula is C17H28N2O. The lowest BCUT2D eigenvalue weighted by molar-refractivity contribution is 0.199. The number of nitrogens with one attached hydrogen (secondary N) is 1. The van der Waals surface area contributed by atoms with Crippen molar-refractivity contribution in [2.75, 3.05) is 38.3 Å². The summed E-state index contributed by atoms with van der Waals surface area (Å²) in [6.07, 6.45) is 5.41. The minimum Gasteiger partial charge on any atom is -0.383 e. The van der Waals surface area contributed by atoms with Gasteiger partial charge in [-0.05, 0) is 31.4 Å². The van der Waals surface area contributed by atoms with E-state index in [1.807, 2.05) is 0 Å². The number of hydrogen-bond donors (Lipinski definition) is 1. The lowest BCUT2D eigenvalue weighted by Crippen LogP contribution is -2.27. The quantitative estimate of drug-likeness (QED) is 0.808. The molecule has 1 aliphatic rings. The van der Waals surface area contributed by atoms with Gasteiger partial charge in [0.15, 0.2) is 0 Å². The van der Waals surface area contributed by atoms with Crippen LogP contribution in [0, 0.1) is 6.92 Å². The predicted octanol–water partition coefficient (Wildman–Crippen LogP) is 3.11. The van der Waals surface area contributed by atoms with Crippen molar-refractivity contribution in [1.82, 2.24) is 5.32 Å². The number of benzene rings is 1. The zero-order chi connectivity index (χ0) is 14.2. The smallest absolute Gasteiger partial charge is 0.0587 e. The zero-order valence-electron chi connectivity index (χ0n) is 13.0. The van der Waals surface area contributed by atoms with Crippen LogP contribution >= 0.6 is 0 Å². The minimum absolute atomic E-state index is 0.769. The van der Waals surface area contributed by atoms with Crippen molar-refractivity contribution in [3.05, 3.63) is 29.3 Å². The molecule has 0 spiro atoms. The zero-order valence-corrected chi connectivity index (χ0v) is 13.0. The molecule has 0 atom stereocenters. The van der Waals surface area contributed by atoms with Crippen molar-refractivity contribution in [2.24, 2.45) is 0 Å². The number of rotatable bonds is 6. The van der Waals surface area contributed by atoms with E-state index in [4.69, 9.17) is 4.74 Å². The topological polar surface area (TPSA) is 24.5 Å². The third kappa shape index (κ3) is 4.50. The average Bonchev–Trinajstić information content (AvgIpc) is 2.73. The molecule has 112 valence electrons. The largest absolute Gasteiger partial charge is 0.383 e. The second-order valence-electron chi connectivity index (χ2n) is 5.70. The maximum atomic E-state index is 5.09. The molecule has 3 nitrogen and oxygen atoms in total. The fourth-order valence-corrected chi connectivity index (χ4v) is 2.87. The second-order valence-corrected chi connectivity index (χ2v) is 5.70. The van der Waals surface area contributed by atoms with E-state index in [0.717, 1.165) is 19.7 Å². The molecule has 1 aromatic rings. The molecule has 0 amide bonds. The Bertz CT molecular complexity index is 398. The second kappa shape index (κ2) is 8.28. The molecule has 20 heavy (non-hydrogen) atoms. The molecule has 3 heteroatoms. The molecule has 1 aliphatic heterocycles. The van der Waals surface area contributed by atoms with Crippen LogP contribution in [0.2, 0.25) is 0 Å². The summed E-state index contributed by atoms with van der Waals surface area (Å²) in [5, 5.41) is 3.47. The normalized spacial score (nSPS) is 16.2. The molecule has 0 bridgehead atoms. The monoisotopic (exact) mass is 276 g/mol. The molecule has 1 heterocycles. The van der Waals surface area contributed by atoms with Crippen LogP contribution in [0.25, 0.3) is 0 Å². The number of anilines is 1. The van der Waals surface area contributed by atoms with Crippen molar-refractivity contribution < 1.29 is 4.74 Å². The maximum absolute atomic E-state index is 5.09. The molecule has 0 aromatic heterocycles. The van der Waals surface area contributed by atoms with Gasteiger partial charge in [-0.2, -0.15) is 0 Å². The van der Waals surface area contributed by atoms with Gasteiger partial charge in [0.05, 0.1) is 6.61 Å². The molecule has 1 fully saturated rings. The van der Waals surface area contributed by atoms with Gasteiger partial charge in [-0.25, -0.2) is 0 Å². The van der Waals surface area contributed by atoms with Crippen molar-refractivity contribution in [3.63, 3.8) is 0 Å². The minimum atomic E-state index is 0.769. The lowest BCUT2D eigenvalue weighted by Gasteiger charge is -2.26. The number of nitrogens with zero attached hydrogens (tertiary/aromatic N) is 1. The van der Waals surface area contributed by atoms with Crippen LogP contribution in [0.15, 0.2) is 18.2 Å². The van der Waals surface area contributed by atoms with Crippen molar-refractivity contribution >= 4 is 5.69 Å². The third-order valence-electron chi connectivity index (χ3n) is 3.98. The van der Waals surface area contributed by atoms with Gasteiger partial charge in [-0.3, -0.25) is 0 Å². The Morgan fingerprint density at radius 2 is 1.90 bits per heavy atom.